The van der Waals surface area contributed by atoms with Gasteiger partial charge in [-0.1, -0.05) is 29.8 Å². The molecule has 1 aliphatic rings. The van der Waals surface area contributed by atoms with Crippen molar-refractivity contribution >= 4 is 28.9 Å². The van der Waals surface area contributed by atoms with Crippen LogP contribution >= 0.6 is 11.6 Å². The summed E-state index contributed by atoms with van der Waals surface area (Å²) in [6, 6.07) is 14.7. The lowest BCUT2D eigenvalue weighted by Crippen LogP contribution is -2.45. The molecule has 0 unspecified atom stereocenters. The number of hydrogen-bond acceptors (Lipinski definition) is 5. The summed E-state index contributed by atoms with van der Waals surface area (Å²) in [6.45, 7) is 5.18. The second-order valence-electron chi connectivity index (χ2n) is 9.21. The molecular formula is C28H28ClF3N2O4. The Morgan fingerprint density at radius 1 is 1.11 bits per heavy atom. The number of halogens is 4. The number of alkyl halides is 3. The Hall–Kier alpha value is -3.43. The third-order valence-electron chi connectivity index (χ3n) is 6.15. The second kappa shape index (κ2) is 11.5. The number of aromatic hydroxyl groups is 1. The number of morpholine rings is 1. The molecular weight excluding hydrogens is 521 g/mol. The highest BCUT2D eigenvalue weighted by atomic mass is 35.5. The van der Waals surface area contributed by atoms with E-state index in [1.807, 2.05) is 19.9 Å². The van der Waals surface area contributed by atoms with Gasteiger partial charge in [0.05, 0.1) is 35.6 Å². The minimum Gasteiger partial charge on any atom is -0.507 e. The van der Waals surface area contributed by atoms with Crippen LogP contribution in [-0.2, 0) is 17.3 Å². The first-order valence-electron chi connectivity index (χ1n) is 12.1. The van der Waals surface area contributed by atoms with E-state index in [4.69, 9.17) is 21.1 Å². The molecule has 2 N–H and O–H groups in total. The molecule has 0 spiro atoms. The smallest absolute Gasteiger partial charge is 0.416 e. The van der Waals surface area contributed by atoms with Crippen molar-refractivity contribution in [2.75, 3.05) is 29.9 Å². The topological polar surface area (TPSA) is 71.0 Å². The van der Waals surface area contributed by atoms with Crippen LogP contribution in [0.25, 0.3) is 0 Å². The van der Waals surface area contributed by atoms with Crippen molar-refractivity contribution in [2.45, 2.75) is 38.7 Å². The molecule has 0 saturated carbocycles. The van der Waals surface area contributed by atoms with Crippen LogP contribution in [0.5, 0.6) is 11.5 Å². The highest BCUT2D eigenvalue weighted by Crippen LogP contribution is 2.34. The van der Waals surface area contributed by atoms with Crippen molar-refractivity contribution in [2.24, 2.45) is 0 Å². The molecule has 4 rings (SSSR count). The summed E-state index contributed by atoms with van der Waals surface area (Å²) in [4.78, 5) is 15.0. The zero-order chi connectivity index (χ0) is 27.4. The van der Waals surface area contributed by atoms with Crippen LogP contribution in [0.2, 0.25) is 5.02 Å². The summed E-state index contributed by atoms with van der Waals surface area (Å²) >= 11 is 5.99. The van der Waals surface area contributed by atoms with Crippen molar-refractivity contribution < 1.29 is 32.5 Å². The monoisotopic (exact) mass is 548 g/mol. The van der Waals surface area contributed by atoms with Gasteiger partial charge in [-0.25, -0.2) is 0 Å². The van der Waals surface area contributed by atoms with Crippen molar-refractivity contribution in [1.82, 2.24) is 0 Å². The number of amides is 1. The quantitative estimate of drug-likeness (QED) is 0.350. The number of nitrogens with zero attached hydrogens (tertiary/aromatic N) is 1. The number of nitrogens with one attached hydrogen (secondary N) is 1. The number of carbonyl (C=O) groups excluding carboxylic acids is 1. The molecule has 2 atom stereocenters. The molecule has 0 aliphatic carbocycles. The van der Waals surface area contributed by atoms with Gasteiger partial charge in [0.1, 0.15) is 11.5 Å². The highest BCUT2D eigenvalue weighted by Gasteiger charge is 2.32. The predicted octanol–water partition coefficient (Wildman–Crippen LogP) is 6.55. The van der Waals surface area contributed by atoms with E-state index in [0.717, 1.165) is 11.8 Å². The maximum atomic E-state index is 13.4. The molecule has 1 saturated heterocycles. The largest absolute Gasteiger partial charge is 0.507 e. The number of carbonyl (C=O) groups is 1. The van der Waals surface area contributed by atoms with Crippen LogP contribution in [-0.4, -0.2) is 42.9 Å². The number of rotatable bonds is 7. The second-order valence-corrected chi connectivity index (χ2v) is 9.65. The summed E-state index contributed by atoms with van der Waals surface area (Å²) in [5.41, 5.74) is 0.500. The van der Waals surface area contributed by atoms with E-state index in [1.54, 1.807) is 18.2 Å². The van der Waals surface area contributed by atoms with E-state index in [9.17, 15) is 23.1 Å². The summed E-state index contributed by atoms with van der Waals surface area (Å²) < 4.78 is 52.0. The molecule has 1 fully saturated rings. The molecule has 202 valence electrons. The Kier molecular flexibility index (Phi) is 8.38. The van der Waals surface area contributed by atoms with E-state index < -0.39 is 17.6 Å². The van der Waals surface area contributed by atoms with Crippen molar-refractivity contribution in [3.63, 3.8) is 0 Å². The summed E-state index contributed by atoms with van der Waals surface area (Å²) in [6.07, 6.45) is -4.45. The van der Waals surface area contributed by atoms with Gasteiger partial charge in [-0.05, 0) is 55.8 Å². The Labute approximate surface area is 223 Å². The van der Waals surface area contributed by atoms with E-state index in [2.05, 4.69) is 10.2 Å². The number of phenolic OH excluding ortho intramolecular Hbond substituents is 1. The predicted molar refractivity (Wildman–Crippen MR) is 140 cm³/mol. The van der Waals surface area contributed by atoms with Gasteiger partial charge in [-0.3, -0.25) is 4.79 Å². The molecule has 1 aliphatic heterocycles. The number of phenols is 1. The Morgan fingerprint density at radius 2 is 1.82 bits per heavy atom. The fraction of sp³-hybridized carbons (Fsp3) is 0.321. The molecule has 3 aromatic carbocycles. The zero-order valence-corrected chi connectivity index (χ0v) is 21.6. The van der Waals surface area contributed by atoms with Gasteiger partial charge in [-0.2, -0.15) is 13.2 Å². The van der Waals surface area contributed by atoms with Crippen LogP contribution in [0.15, 0.2) is 60.7 Å². The minimum atomic E-state index is -4.47. The first-order chi connectivity index (χ1) is 18.0. The SMILES string of the molecule is C[C@H]1CN(c2ccc(NC(=O)c3cc(Cl)ccc3O)c(OCCc3ccccc3C(F)(F)F)c2)C[C@H](C)O1. The number of anilines is 2. The molecule has 6 nitrogen and oxygen atoms in total. The lowest BCUT2D eigenvalue weighted by molar-refractivity contribution is -0.138. The summed E-state index contributed by atoms with van der Waals surface area (Å²) in [7, 11) is 0. The lowest BCUT2D eigenvalue weighted by Gasteiger charge is -2.37. The fourth-order valence-electron chi connectivity index (χ4n) is 4.48. The summed E-state index contributed by atoms with van der Waals surface area (Å²) in [5.74, 6) is -0.571. The van der Waals surface area contributed by atoms with Crippen molar-refractivity contribution in [3.05, 3.63) is 82.4 Å². The van der Waals surface area contributed by atoms with Gasteiger partial charge >= 0.3 is 6.18 Å². The molecule has 10 heteroatoms. The van der Waals surface area contributed by atoms with Crippen LogP contribution in [0.4, 0.5) is 24.5 Å². The third kappa shape index (κ3) is 6.71. The highest BCUT2D eigenvalue weighted by molar-refractivity contribution is 6.31. The number of benzene rings is 3. The van der Waals surface area contributed by atoms with Crippen LogP contribution in [0.1, 0.15) is 35.3 Å². The molecule has 0 bridgehead atoms. The average molecular weight is 549 g/mol. The maximum Gasteiger partial charge on any atom is 0.416 e. The molecule has 38 heavy (non-hydrogen) atoms. The van der Waals surface area contributed by atoms with Gasteiger partial charge in [0, 0.05) is 36.3 Å². The minimum absolute atomic E-state index is 0.00664. The Bertz CT molecular complexity index is 1290. The molecule has 1 amide bonds. The van der Waals surface area contributed by atoms with Gasteiger partial charge in [0.2, 0.25) is 0 Å². The van der Waals surface area contributed by atoms with Crippen molar-refractivity contribution in [1.29, 1.82) is 0 Å². The molecule has 3 aromatic rings. The zero-order valence-electron chi connectivity index (χ0n) is 20.9. The van der Waals surface area contributed by atoms with Gasteiger partial charge in [-0.15, -0.1) is 0 Å². The summed E-state index contributed by atoms with van der Waals surface area (Å²) in [5, 5.41) is 13.1. The molecule has 0 aromatic heterocycles. The van der Waals surface area contributed by atoms with Gasteiger partial charge in [0.25, 0.3) is 5.91 Å². The van der Waals surface area contributed by atoms with E-state index >= 15 is 0 Å². The fourth-order valence-corrected chi connectivity index (χ4v) is 4.66. The van der Waals surface area contributed by atoms with E-state index in [1.165, 1.54) is 30.3 Å². The lowest BCUT2D eigenvalue weighted by atomic mass is 10.0. The van der Waals surface area contributed by atoms with Gasteiger partial charge in [0.15, 0.2) is 0 Å². The first kappa shape index (κ1) is 27.6. The average Bonchev–Trinajstić information content (AvgIpc) is 2.85. The van der Waals surface area contributed by atoms with Crippen molar-refractivity contribution in [3.8, 4) is 11.5 Å². The first-order valence-corrected chi connectivity index (χ1v) is 12.5. The van der Waals surface area contributed by atoms with Crippen LogP contribution in [0, 0.1) is 0 Å². The van der Waals surface area contributed by atoms with Crippen LogP contribution in [0.3, 0.4) is 0 Å². The van der Waals surface area contributed by atoms with Crippen LogP contribution < -0.4 is 15.0 Å². The molecule has 0 radical (unpaired) electrons. The number of ether oxygens (including phenoxy) is 2. The van der Waals surface area contributed by atoms with E-state index in [-0.39, 0.29) is 52.9 Å². The maximum absolute atomic E-state index is 13.4. The number of hydrogen-bond donors (Lipinski definition) is 2. The third-order valence-corrected chi connectivity index (χ3v) is 6.39. The molecule has 1 heterocycles. The van der Waals surface area contributed by atoms with Gasteiger partial charge < -0.3 is 24.8 Å². The van der Waals surface area contributed by atoms with E-state index in [0.29, 0.717) is 18.8 Å². The normalized spacial score (nSPS) is 17.8. The Morgan fingerprint density at radius 3 is 2.53 bits per heavy atom. The Balaban J connectivity index is 1.59. The standard InChI is InChI=1S/C28H28ClF3N2O4/c1-17-15-34(16-18(2)38-17)21-8-9-24(33-27(36)22-13-20(29)7-10-25(22)35)26(14-21)37-12-11-19-5-3-4-6-23(19)28(30,31)32/h3-10,13-14,17-18,35H,11-12,15-16H2,1-2H3,(H,33,36)/t17-,18-/m0/s1.